The summed E-state index contributed by atoms with van der Waals surface area (Å²) >= 11 is 1.84. The average Bonchev–Trinajstić information content (AvgIpc) is 3.09. The van der Waals surface area contributed by atoms with Crippen molar-refractivity contribution in [3.05, 3.63) is 11.1 Å². The van der Waals surface area contributed by atoms with Crippen LogP contribution in [0.2, 0.25) is 0 Å². The van der Waals surface area contributed by atoms with Gasteiger partial charge in [0.25, 0.3) is 0 Å². The van der Waals surface area contributed by atoms with E-state index in [4.69, 9.17) is 0 Å². The average molecular weight is 311 g/mol. The zero-order valence-corrected chi connectivity index (χ0v) is 14.7. The Morgan fingerprint density at radius 1 is 1.43 bits per heavy atom. The summed E-state index contributed by atoms with van der Waals surface area (Å²) in [6, 6.07) is 0.700. The van der Waals surface area contributed by atoms with Gasteiger partial charge in [0.1, 0.15) is 0 Å². The molecule has 2 heterocycles. The first kappa shape index (κ1) is 16.7. The van der Waals surface area contributed by atoms with E-state index in [0.29, 0.717) is 12.0 Å². The van der Waals surface area contributed by atoms with Gasteiger partial charge in [-0.15, -0.1) is 11.3 Å². The van der Waals surface area contributed by atoms with Crippen LogP contribution in [-0.2, 0) is 6.54 Å². The van der Waals surface area contributed by atoms with Gasteiger partial charge < -0.3 is 10.2 Å². The summed E-state index contributed by atoms with van der Waals surface area (Å²) in [4.78, 5) is 11.0. The van der Waals surface area contributed by atoms with E-state index in [0.717, 1.165) is 39.3 Å². The Kier molecular flexibility index (Phi) is 6.45. The van der Waals surface area contributed by atoms with Crippen LogP contribution in [0.1, 0.15) is 39.0 Å². The summed E-state index contributed by atoms with van der Waals surface area (Å²) in [5.41, 5.74) is 0. The van der Waals surface area contributed by atoms with Crippen LogP contribution in [0.5, 0.6) is 0 Å². The van der Waals surface area contributed by atoms with Gasteiger partial charge in [-0.2, -0.15) is 0 Å². The van der Waals surface area contributed by atoms with Crippen LogP contribution in [0, 0.1) is 5.92 Å². The lowest BCUT2D eigenvalue weighted by Gasteiger charge is -2.25. The zero-order valence-electron chi connectivity index (χ0n) is 13.9. The highest BCUT2D eigenvalue weighted by Gasteiger charge is 2.27. The Hall–Kier alpha value is -0.650. The molecule has 2 rings (SSSR count). The van der Waals surface area contributed by atoms with E-state index in [-0.39, 0.29) is 0 Å². The molecule has 1 aliphatic heterocycles. The maximum Gasteiger partial charge on any atom is 0.185 e. The van der Waals surface area contributed by atoms with Crippen molar-refractivity contribution in [2.45, 2.75) is 46.7 Å². The summed E-state index contributed by atoms with van der Waals surface area (Å²) < 4.78 is 0. The minimum atomic E-state index is 0.700. The molecule has 1 aromatic rings. The van der Waals surface area contributed by atoms with Crippen LogP contribution < -0.4 is 10.2 Å². The molecule has 1 N–H and O–H groups in total. The first-order valence-corrected chi connectivity index (χ1v) is 9.10. The van der Waals surface area contributed by atoms with Gasteiger partial charge in [-0.05, 0) is 32.0 Å². The van der Waals surface area contributed by atoms with Crippen molar-refractivity contribution in [2.24, 2.45) is 5.92 Å². The van der Waals surface area contributed by atoms with Crippen LogP contribution in [-0.4, -0.2) is 48.6 Å². The molecule has 21 heavy (non-hydrogen) atoms. The molecule has 1 aromatic heterocycles. The van der Waals surface area contributed by atoms with E-state index in [1.54, 1.807) is 0 Å². The van der Waals surface area contributed by atoms with E-state index in [9.17, 15) is 0 Å². The zero-order chi connectivity index (χ0) is 15.2. The predicted molar refractivity (Wildman–Crippen MR) is 92.2 cm³/mol. The fourth-order valence-corrected chi connectivity index (χ4v) is 3.88. The minimum absolute atomic E-state index is 0.700. The number of anilines is 1. The number of nitrogens with zero attached hydrogens (tertiary/aromatic N) is 3. The van der Waals surface area contributed by atoms with Gasteiger partial charge in [0.05, 0.1) is 0 Å². The molecular formula is C16H30N4S. The van der Waals surface area contributed by atoms with Crippen molar-refractivity contribution in [3.63, 3.8) is 0 Å². The summed E-state index contributed by atoms with van der Waals surface area (Å²) in [6.45, 7) is 15.6. The van der Waals surface area contributed by atoms with E-state index in [1.807, 2.05) is 17.5 Å². The van der Waals surface area contributed by atoms with Crippen LogP contribution in [0.15, 0.2) is 6.20 Å². The quantitative estimate of drug-likeness (QED) is 0.800. The van der Waals surface area contributed by atoms with Crippen molar-refractivity contribution in [1.29, 1.82) is 0 Å². The summed E-state index contributed by atoms with van der Waals surface area (Å²) in [5, 5.41) is 4.69. The second kappa shape index (κ2) is 8.11. The van der Waals surface area contributed by atoms with E-state index < -0.39 is 0 Å². The third-order valence-corrected chi connectivity index (χ3v) is 5.21. The highest BCUT2D eigenvalue weighted by Crippen LogP contribution is 2.27. The molecular weight excluding hydrogens is 280 g/mol. The molecule has 0 aliphatic carbocycles. The third-order valence-electron chi connectivity index (χ3n) is 4.16. The number of hydrogen-bond donors (Lipinski definition) is 1. The van der Waals surface area contributed by atoms with Gasteiger partial charge in [-0.1, -0.05) is 27.7 Å². The van der Waals surface area contributed by atoms with Crippen LogP contribution in [0.25, 0.3) is 0 Å². The third kappa shape index (κ3) is 4.66. The molecule has 0 aromatic carbocycles. The lowest BCUT2D eigenvalue weighted by molar-refractivity contribution is 0.232. The molecule has 0 spiro atoms. The molecule has 0 bridgehead atoms. The first-order chi connectivity index (χ1) is 10.1. The number of aromatic nitrogens is 1. The van der Waals surface area contributed by atoms with Crippen molar-refractivity contribution in [3.8, 4) is 0 Å². The molecule has 120 valence electrons. The lowest BCUT2D eigenvalue weighted by Crippen LogP contribution is -2.37. The monoisotopic (exact) mass is 310 g/mol. The van der Waals surface area contributed by atoms with Crippen molar-refractivity contribution < 1.29 is 0 Å². The molecule has 0 saturated carbocycles. The van der Waals surface area contributed by atoms with Gasteiger partial charge in [0, 0.05) is 36.8 Å². The van der Waals surface area contributed by atoms with E-state index in [1.165, 1.54) is 16.4 Å². The van der Waals surface area contributed by atoms with Gasteiger partial charge in [0.15, 0.2) is 5.13 Å². The second-order valence-electron chi connectivity index (χ2n) is 6.24. The van der Waals surface area contributed by atoms with Gasteiger partial charge in [-0.25, -0.2) is 4.98 Å². The summed E-state index contributed by atoms with van der Waals surface area (Å²) in [5.74, 6) is 0.700. The SMILES string of the molecule is CCN(CC)C1CCN(c2ncc(CNCC(C)C)s2)C1. The van der Waals surface area contributed by atoms with Crippen molar-refractivity contribution >= 4 is 16.5 Å². The molecule has 5 heteroatoms. The largest absolute Gasteiger partial charge is 0.346 e. The van der Waals surface area contributed by atoms with Gasteiger partial charge in [-0.3, -0.25) is 4.90 Å². The summed E-state index contributed by atoms with van der Waals surface area (Å²) in [6.07, 6.45) is 3.31. The van der Waals surface area contributed by atoms with E-state index >= 15 is 0 Å². The Morgan fingerprint density at radius 2 is 2.19 bits per heavy atom. The molecule has 4 nitrogen and oxygen atoms in total. The number of thiazole rings is 1. The van der Waals surface area contributed by atoms with Crippen molar-refractivity contribution in [2.75, 3.05) is 37.6 Å². The van der Waals surface area contributed by atoms with Gasteiger partial charge in [0.2, 0.25) is 0 Å². The lowest BCUT2D eigenvalue weighted by atomic mass is 10.2. The smallest absolute Gasteiger partial charge is 0.185 e. The number of nitrogens with one attached hydrogen (secondary N) is 1. The molecule has 1 unspecified atom stereocenters. The molecule has 1 aliphatic rings. The number of likely N-dealkylation sites (N-methyl/N-ethyl adjacent to an activating group) is 1. The van der Waals surface area contributed by atoms with E-state index in [2.05, 4.69) is 47.8 Å². The Morgan fingerprint density at radius 3 is 2.86 bits per heavy atom. The fraction of sp³-hybridized carbons (Fsp3) is 0.812. The Balaban J connectivity index is 1.84. The standard InChI is InChI=1S/C16H30N4S/c1-5-19(6-2)14-7-8-20(12-14)16-18-11-15(21-16)10-17-9-13(3)4/h11,13-14,17H,5-10,12H2,1-4H3. The predicted octanol–water partition coefficient (Wildman–Crippen LogP) is 2.81. The fourth-order valence-electron chi connectivity index (χ4n) is 2.96. The first-order valence-electron chi connectivity index (χ1n) is 8.28. The molecule has 1 atom stereocenters. The van der Waals surface area contributed by atoms with Gasteiger partial charge >= 0.3 is 0 Å². The van der Waals surface area contributed by atoms with Crippen LogP contribution in [0.3, 0.4) is 0 Å². The molecule has 1 fully saturated rings. The molecule has 1 saturated heterocycles. The maximum atomic E-state index is 4.63. The summed E-state index contributed by atoms with van der Waals surface area (Å²) in [7, 11) is 0. The maximum absolute atomic E-state index is 4.63. The number of hydrogen-bond acceptors (Lipinski definition) is 5. The van der Waals surface area contributed by atoms with Crippen LogP contribution >= 0.6 is 11.3 Å². The molecule has 0 amide bonds. The van der Waals surface area contributed by atoms with Crippen LogP contribution in [0.4, 0.5) is 5.13 Å². The topological polar surface area (TPSA) is 31.4 Å². The Labute approximate surface area is 133 Å². The number of rotatable bonds is 8. The highest BCUT2D eigenvalue weighted by atomic mass is 32.1. The highest BCUT2D eigenvalue weighted by molar-refractivity contribution is 7.15. The Bertz CT molecular complexity index is 414. The van der Waals surface area contributed by atoms with Crippen molar-refractivity contribution in [1.82, 2.24) is 15.2 Å². The second-order valence-corrected chi connectivity index (χ2v) is 7.34. The minimum Gasteiger partial charge on any atom is -0.346 e. The normalized spacial score (nSPS) is 19.1. The molecule has 0 radical (unpaired) electrons.